The second-order valence-electron chi connectivity index (χ2n) is 14.7. The molecule has 1 aliphatic carbocycles. The third-order valence-corrected chi connectivity index (χ3v) is 12.1. The van der Waals surface area contributed by atoms with Crippen molar-refractivity contribution in [2.45, 2.75) is 71.8 Å². The van der Waals surface area contributed by atoms with E-state index in [1.807, 2.05) is 29.2 Å². The molecular weight excluding hydrogens is 677 g/mol. The summed E-state index contributed by atoms with van der Waals surface area (Å²) >= 11 is 1.64. The first-order chi connectivity index (χ1) is 25.0. The number of likely N-dealkylation sites (tertiary alicyclic amines) is 1. The number of thiazole rings is 1. The number of carboxylic acids is 1. The van der Waals surface area contributed by atoms with Gasteiger partial charge in [-0.1, -0.05) is 30.3 Å². The quantitative estimate of drug-likeness (QED) is 0.165. The molecule has 1 saturated heterocycles. The lowest BCUT2D eigenvalue weighted by atomic mass is 9.89. The van der Waals surface area contributed by atoms with Crippen molar-refractivity contribution in [2.24, 2.45) is 5.41 Å². The fourth-order valence-corrected chi connectivity index (χ4v) is 8.92. The Balaban J connectivity index is 1.03. The molecule has 0 unspecified atom stereocenters. The highest BCUT2D eigenvalue weighted by Crippen LogP contribution is 2.41. The normalized spacial score (nSPS) is 21.3. The monoisotopic (exact) mass is 716 g/mol. The van der Waals surface area contributed by atoms with Crippen LogP contribution in [-0.4, -0.2) is 73.6 Å². The van der Waals surface area contributed by atoms with E-state index in [0.29, 0.717) is 74.5 Å². The molecule has 0 spiro atoms. The molecule has 4 heterocycles. The molecule has 1 saturated carbocycles. The number of benzene rings is 3. The van der Waals surface area contributed by atoms with Crippen LogP contribution < -0.4 is 5.32 Å². The average Bonchev–Trinajstić information content (AvgIpc) is 3.89. The van der Waals surface area contributed by atoms with E-state index in [-0.39, 0.29) is 24.6 Å². The van der Waals surface area contributed by atoms with Gasteiger partial charge in [0.15, 0.2) is 5.58 Å². The maximum atomic E-state index is 12.8. The number of aliphatic hydroxyl groups is 1. The van der Waals surface area contributed by atoms with Gasteiger partial charge in [0.25, 0.3) is 0 Å². The number of carbonyl (C=O) groups is 2. The van der Waals surface area contributed by atoms with E-state index in [2.05, 4.69) is 54.4 Å². The number of nitrogens with one attached hydrogen (secondary N) is 1. The Kier molecular flexibility index (Phi) is 8.70. The molecule has 2 fully saturated rings. The molecule has 1 atom stereocenters. The first-order valence-corrected chi connectivity index (χ1v) is 18.5. The maximum absolute atomic E-state index is 12.8. The molecule has 266 valence electrons. The summed E-state index contributed by atoms with van der Waals surface area (Å²) in [6, 6.07) is 18.6. The van der Waals surface area contributed by atoms with Gasteiger partial charge in [0.2, 0.25) is 11.8 Å². The van der Waals surface area contributed by atoms with E-state index in [1.165, 1.54) is 0 Å². The molecule has 11 nitrogen and oxygen atoms in total. The molecule has 0 radical (unpaired) electrons. The molecule has 3 N–H and O–H groups in total. The van der Waals surface area contributed by atoms with Crippen LogP contribution in [0.15, 0.2) is 52.9 Å². The number of carbonyl (C=O) groups excluding carboxylic acids is 1. The highest BCUT2D eigenvalue weighted by molar-refractivity contribution is 7.15. The van der Waals surface area contributed by atoms with Crippen LogP contribution in [0.3, 0.4) is 0 Å². The molecule has 12 heteroatoms. The number of hydrogen-bond acceptors (Lipinski definition) is 10. The van der Waals surface area contributed by atoms with E-state index in [1.54, 1.807) is 18.3 Å². The van der Waals surface area contributed by atoms with Gasteiger partial charge >= 0.3 is 5.97 Å². The molecule has 1 amide bonds. The average molecular weight is 717 g/mol. The van der Waals surface area contributed by atoms with Gasteiger partial charge in [-0.05, 0) is 92.6 Å². The number of nitrogens with zero attached hydrogens (tertiary/aromatic N) is 5. The molecule has 2 aromatic heterocycles. The SMILES string of the molecule is Cc1c(-c2nc3cc(CN4CC[C@@](C)(C(=O)O)C4)cc(C#N)c3o2)cccc1-c1cccc(-c2nc3c(s2)CN(C(=O)CN[C@H]2C[C@@H](O)C2)C3)c1C. The molecule has 3 aromatic carbocycles. The Hall–Kier alpha value is -4.93. The van der Waals surface area contributed by atoms with Gasteiger partial charge in [-0.15, -0.1) is 11.3 Å². The van der Waals surface area contributed by atoms with Crippen molar-refractivity contribution in [3.63, 3.8) is 0 Å². The number of aliphatic hydroxyl groups excluding tert-OH is 1. The summed E-state index contributed by atoms with van der Waals surface area (Å²) in [4.78, 5) is 39.5. The van der Waals surface area contributed by atoms with Crippen LogP contribution in [0.5, 0.6) is 0 Å². The Labute approximate surface area is 305 Å². The predicted octanol–water partition coefficient (Wildman–Crippen LogP) is 6.03. The van der Waals surface area contributed by atoms with E-state index in [9.17, 15) is 25.1 Å². The van der Waals surface area contributed by atoms with Gasteiger partial charge < -0.3 is 24.8 Å². The second-order valence-corrected chi connectivity index (χ2v) is 15.8. The molecular formula is C40H40N6O5S. The van der Waals surface area contributed by atoms with Crippen molar-refractivity contribution in [2.75, 3.05) is 19.6 Å². The number of amides is 1. The summed E-state index contributed by atoms with van der Waals surface area (Å²) in [5.41, 5.74) is 8.62. The summed E-state index contributed by atoms with van der Waals surface area (Å²) in [5.74, 6) is -0.294. The van der Waals surface area contributed by atoms with Gasteiger partial charge in [0.05, 0.1) is 42.4 Å². The maximum Gasteiger partial charge on any atom is 0.310 e. The van der Waals surface area contributed by atoms with Gasteiger partial charge in [-0.2, -0.15) is 5.26 Å². The van der Waals surface area contributed by atoms with Crippen LogP contribution in [0.1, 0.15) is 59.0 Å². The van der Waals surface area contributed by atoms with Crippen molar-refractivity contribution >= 4 is 34.3 Å². The van der Waals surface area contributed by atoms with Gasteiger partial charge in [-0.25, -0.2) is 9.97 Å². The number of rotatable bonds is 9. The minimum absolute atomic E-state index is 0.0529. The lowest BCUT2D eigenvalue weighted by molar-refractivity contribution is -0.147. The fourth-order valence-electron chi connectivity index (χ4n) is 7.75. The fraction of sp³-hybridized carbons (Fsp3) is 0.375. The number of aliphatic carboxylic acids is 1. The summed E-state index contributed by atoms with van der Waals surface area (Å²) in [7, 11) is 0. The zero-order valence-electron chi connectivity index (χ0n) is 29.4. The second kappa shape index (κ2) is 13.2. The Morgan fingerprint density at radius 1 is 1.06 bits per heavy atom. The lowest BCUT2D eigenvalue weighted by Gasteiger charge is -2.32. The molecule has 2 aliphatic heterocycles. The van der Waals surface area contributed by atoms with Crippen LogP contribution in [0.2, 0.25) is 0 Å². The number of fused-ring (bicyclic) bond motifs is 2. The van der Waals surface area contributed by atoms with E-state index in [0.717, 1.165) is 54.5 Å². The van der Waals surface area contributed by atoms with Crippen LogP contribution in [0.25, 0.3) is 44.3 Å². The highest BCUT2D eigenvalue weighted by atomic mass is 32.1. The Bertz CT molecular complexity index is 2260. The lowest BCUT2D eigenvalue weighted by Crippen LogP contribution is -2.47. The van der Waals surface area contributed by atoms with Crippen LogP contribution in [-0.2, 0) is 29.2 Å². The van der Waals surface area contributed by atoms with Gasteiger partial charge in [-0.3, -0.25) is 14.5 Å². The van der Waals surface area contributed by atoms with E-state index in [4.69, 9.17) is 14.4 Å². The van der Waals surface area contributed by atoms with Crippen LogP contribution in [0, 0.1) is 30.6 Å². The number of oxazole rings is 1. The summed E-state index contributed by atoms with van der Waals surface area (Å²) in [6.07, 6.45) is 1.74. The van der Waals surface area contributed by atoms with Crippen LogP contribution in [0.4, 0.5) is 0 Å². The highest BCUT2D eigenvalue weighted by Gasteiger charge is 2.40. The molecule has 5 aromatic rings. The standard InChI is InChI=1S/C40H40N6O5S/c1-22-28(29-7-5-9-31(23(29)2)38-44-33-19-46(20-34(33)52-38)35(48)17-42-26-14-27(47)15-26)6-4-8-30(22)37-43-32-13-24(12-25(16-41)36(32)51-37)18-45-11-10-40(3,21-45)39(49)50/h4-9,12-13,26-27,42,47H,10-11,14-15,17-21H2,1-3H3,(H,49,50)/t26-,27+,40-/m1/s1. The number of nitriles is 1. The van der Waals surface area contributed by atoms with Crippen molar-refractivity contribution in [1.82, 2.24) is 25.1 Å². The number of aromatic nitrogens is 2. The van der Waals surface area contributed by atoms with Gasteiger partial charge in [0.1, 0.15) is 16.6 Å². The third kappa shape index (κ3) is 6.17. The largest absolute Gasteiger partial charge is 0.481 e. The Morgan fingerprint density at radius 3 is 2.44 bits per heavy atom. The smallest absolute Gasteiger partial charge is 0.310 e. The van der Waals surface area contributed by atoms with Crippen LogP contribution >= 0.6 is 11.3 Å². The van der Waals surface area contributed by atoms with E-state index < -0.39 is 11.4 Å². The van der Waals surface area contributed by atoms with Gasteiger partial charge in [0, 0.05) is 35.1 Å². The summed E-state index contributed by atoms with van der Waals surface area (Å²) in [5, 5.41) is 33.4. The predicted molar refractivity (Wildman–Crippen MR) is 197 cm³/mol. The van der Waals surface area contributed by atoms with Crippen molar-refractivity contribution in [3.8, 4) is 39.2 Å². The van der Waals surface area contributed by atoms with Crippen molar-refractivity contribution in [1.29, 1.82) is 5.26 Å². The summed E-state index contributed by atoms with van der Waals surface area (Å²) in [6.45, 7) is 8.95. The van der Waals surface area contributed by atoms with Crippen molar-refractivity contribution in [3.05, 3.63) is 81.4 Å². The Morgan fingerprint density at radius 2 is 1.77 bits per heavy atom. The minimum Gasteiger partial charge on any atom is -0.481 e. The number of hydrogen-bond donors (Lipinski definition) is 3. The zero-order chi connectivity index (χ0) is 36.3. The first kappa shape index (κ1) is 34.2. The molecule has 8 rings (SSSR count). The van der Waals surface area contributed by atoms with E-state index >= 15 is 0 Å². The van der Waals surface area contributed by atoms with Crippen molar-refractivity contribution < 1.29 is 24.2 Å². The topological polar surface area (TPSA) is 156 Å². The molecule has 0 bridgehead atoms. The third-order valence-electron chi connectivity index (χ3n) is 11.0. The first-order valence-electron chi connectivity index (χ1n) is 17.7. The minimum atomic E-state index is -0.785. The summed E-state index contributed by atoms with van der Waals surface area (Å²) < 4.78 is 6.29. The molecule has 3 aliphatic rings. The molecule has 52 heavy (non-hydrogen) atoms. The number of carboxylic acid groups (broad SMARTS) is 1. The zero-order valence-corrected chi connectivity index (χ0v) is 30.2.